The summed E-state index contributed by atoms with van der Waals surface area (Å²) in [5.74, 6) is 0.222. The molecule has 0 saturated carbocycles. The zero-order valence-electron chi connectivity index (χ0n) is 11.9. The number of benzene rings is 2. The van der Waals surface area contributed by atoms with Crippen molar-refractivity contribution in [3.05, 3.63) is 60.7 Å². The Kier molecular flexibility index (Phi) is 4.81. The second kappa shape index (κ2) is 6.59. The lowest BCUT2D eigenvalue weighted by Gasteiger charge is -2.20. The molecule has 0 radical (unpaired) electrons. The highest BCUT2D eigenvalue weighted by molar-refractivity contribution is 7.72. The molecular weight excluding hydrogens is 287 g/mol. The van der Waals surface area contributed by atoms with Crippen LogP contribution in [0.3, 0.4) is 0 Å². The maximum absolute atomic E-state index is 12.9. The summed E-state index contributed by atoms with van der Waals surface area (Å²) in [5, 5.41) is 0. The molecule has 0 aliphatic heterocycles. The number of carbonyl (C=O) groups is 1. The second-order valence-electron chi connectivity index (χ2n) is 4.80. The van der Waals surface area contributed by atoms with E-state index < -0.39 is 19.0 Å². The third kappa shape index (κ3) is 3.96. The predicted molar refractivity (Wildman–Crippen MR) is 81.6 cm³/mol. The lowest BCUT2D eigenvalue weighted by Crippen LogP contribution is -2.16. The van der Waals surface area contributed by atoms with Crippen molar-refractivity contribution in [3.63, 3.8) is 0 Å². The van der Waals surface area contributed by atoms with Gasteiger partial charge in [-0.15, -0.1) is 0 Å². The van der Waals surface area contributed by atoms with Crippen LogP contribution in [0.15, 0.2) is 60.7 Å². The average molecular weight is 304 g/mol. The normalized spacial score (nSPS) is 11.2. The van der Waals surface area contributed by atoms with E-state index >= 15 is 0 Å². The molecule has 4 nitrogen and oxygen atoms in total. The number of para-hydroxylation sites is 2. The van der Waals surface area contributed by atoms with Crippen molar-refractivity contribution in [2.45, 2.75) is 13.8 Å². The van der Waals surface area contributed by atoms with Crippen molar-refractivity contribution in [3.8, 4) is 11.5 Å². The summed E-state index contributed by atoms with van der Waals surface area (Å²) in [7, 11) is -3.95. The first-order valence-corrected chi connectivity index (χ1v) is 8.19. The standard InChI is InChI=1S/C16H17O4P/c1-13(2)16(17)21(18,19-14-9-5-3-6-10-14)20-15-11-7-4-8-12-15/h3-13H,1-2H3. The van der Waals surface area contributed by atoms with Gasteiger partial charge >= 0.3 is 7.60 Å². The summed E-state index contributed by atoms with van der Waals surface area (Å²) >= 11 is 0. The largest absolute Gasteiger partial charge is 0.498 e. The van der Waals surface area contributed by atoms with Crippen LogP contribution in [0.1, 0.15) is 13.8 Å². The highest BCUT2D eigenvalue weighted by atomic mass is 31.2. The van der Waals surface area contributed by atoms with Crippen molar-refractivity contribution in [2.75, 3.05) is 0 Å². The quantitative estimate of drug-likeness (QED) is 0.736. The van der Waals surface area contributed by atoms with E-state index in [-0.39, 0.29) is 0 Å². The van der Waals surface area contributed by atoms with Gasteiger partial charge in [-0.2, -0.15) is 0 Å². The van der Waals surface area contributed by atoms with Crippen molar-refractivity contribution in [1.29, 1.82) is 0 Å². The summed E-state index contributed by atoms with van der Waals surface area (Å²) in [5.41, 5.74) is -0.546. The number of rotatable bonds is 6. The Bertz CT molecular complexity index is 592. The lowest BCUT2D eigenvalue weighted by molar-refractivity contribution is -0.115. The zero-order valence-corrected chi connectivity index (χ0v) is 12.8. The van der Waals surface area contributed by atoms with E-state index in [1.165, 1.54) is 0 Å². The van der Waals surface area contributed by atoms with E-state index in [9.17, 15) is 9.36 Å². The lowest BCUT2D eigenvalue weighted by atomic mass is 10.3. The fraction of sp³-hybridized carbons (Fsp3) is 0.188. The van der Waals surface area contributed by atoms with Gasteiger partial charge in [0, 0.05) is 5.92 Å². The van der Waals surface area contributed by atoms with Crippen LogP contribution in [0.4, 0.5) is 0 Å². The summed E-state index contributed by atoms with van der Waals surface area (Å²) in [6.45, 7) is 3.33. The van der Waals surface area contributed by atoms with Crippen LogP contribution < -0.4 is 9.05 Å². The van der Waals surface area contributed by atoms with Crippen molar-refractivity contribution in [2.24, 2.45) is 5.92 Å². The smallest absolute Gasteiger partial charge is 0.411 e. The molecule has 0 fully saturated rings. The highest BCUT2D eigenvalue weighted by Crippen LogP contribution is 2.50. The molecule has 0 heterocycles. The molecule has 0 N–H and O–H groups in total. The molecule has 0 aromatic heterocycles. The summed E-state index contributed by atoms with van der Waals surface area (Å²) < 4.78 is 23.7. The molecule has 5 heteroatoms. The maximum atomic E-state index is 12.9. The SMILES string of the molecule is CC(C)C(=O)P(=O)(Oc1ccccc1)Oc1ccccc1. The Morgan fingerprint density at radius 1 is 0.857 bits per heavy atom. The molecule has 0 aliphatic carbocycles. The van der Waals surface area contributed by atoms with Crippen molar-refractivity contribution < 1.29 is 18.4 Å². The molecular formula is C16H17O4P. The Balaban J connectivity index is 2.31. The fourth-order valence-electron chi connectivity index (χ4n) is 1.67. The molecule has 2 aromatic carbocycles. The van der Waals surface area contributed by atoms with Gasteiger partial charge in [0.15, 0.2) is 0 Å². The molecule has 21 heavy (non-hydrogen) atoms. The Labute approximate surface area is 124 Å². The van der Waals surface area contributed by atoms with Gasteiger partial charge in [-0.05, 0) is 24.3 Å². The third-order valence-corrected chi connectivity index (χ3v) is 4.66. The molecule has 0 amide bonds. The van der Waals surface area contributed by atoms with E-state index in [0.29, 0.717) is 11.5 Å². The number of hydrogen-bond donors (Lipinski definition) is 0. The van der Waals surface area contributed by atoms with Gasteiger partial charge in [-0.1, -0.05) is 50.2 Å². The van der Waals surface area contributed by atoms with E-state index in [1.807, 2.05) is 0 Å². The van der Waals surface area contributed by atoms with E-state index in [2.05, 4.69) is 0 Å². The van der Waals surface area contributed by atoms with Crippen LogP contribution in [-0.2, 0) is 9.36 Å². The molecule has 0 unspecified atom stereocenters. The minimum Gasteiger partial charge on any atom is -0.411 e. The van der Waals surface area contributed by atoms with Gasteiger partial charge in [0.1, 0.15) is 11.5 Å². The van der Waals surface area contributed by atoms with Crippen LogP contribution in [0.2, 0.25) is 0 Å². The summed E-state index contributed by atoms with van der Waals surface area (Å²) in [6.07, 6.45) is 0. The summed E-state index contributed by atoms with van der Waals surface area (Å²) in [4.78, 5) is 12.3. The minimum absolute atomic E-state index is 0.339. The fourth-order valence-corrected chi connectivity index (χ4v) is 3.31. The van der Waals surface area contributed by atoms with E-state index in [4.69, 9.17) is 9.05 Å². The number of hydrogen-bond acceptors (Lipinski definition) is 4. The maximum Gasteiger partial charge on any atom is 0.498 e. The van der Waals surface area contributed by atoms with Gasteiger partial charge in [0.25, 0.3) is 5.52 Å². The van der Waals surface area contributed by atoms with E-state index in [0.717, 1.165) is 0 Å². The molecule has 0 atom stereocenters. The highest BCUT2D eigenvalue weighted by Gasteiger charge is 2.40. The third-order valence-electron chi connectivity index (χ3n) is 2.70. The van der Waals surface area contributed by atoms with Crippen LogP contribution in [0, 0.1) is 5.92 Å². The monoisotopic (exact) mass is 304 g/mol. The first-order chi connectivity index (χ1) is 10.0. The second-order valence-corrected chi connectivity index (χ2v) is 6.60. The van der Waals surface area contributed by atoms with Gasteiger partial charge in [-0.25, -0.2) is 4.57 Å². The summed E-state index contributed by atoms with van der Waals surface area (Å²) in [6, 6.07) is 17.1. The minimum atomic E-state index is -3.95. The van der Waals surface area contributed by atoms with Crippen LogP contribution in [0.25, 0.3) is 0 Å². The zero-order chi connectivity index (χ0) is 15.3. The topological polar surface area (TPSA) is 52.6 Å². The Morgan fingerprint density at radius 2 is 1.24 bits per heavy atom. The van der Waals surface area contributed by atoms with Crippen molar-refractivity contribution in [1.82, 2.24) is 0 Å². The van der Waals surface area contributed by atoms with Crippen LogP contribution in [0.5, 0.6) is 11.5 Å². The Morgan fingerprint density at radius 3 is 1.57 bits per heavy atom. The predicted octanol–water partition coefficient (Wildman–Crippen LogP) is 4.52. The van der Waals surface area contributed by atoms with Gasteiger partial charge in [0.05, 0.1) is 0 Å². The molecule has 0 bridgehead atoms. The first-order valence-electron chi connectivity index (χ1n) is 6.65. The van der Waals surface area contributed by atoms with Crippen molar-refractivity contribution >= 4 is 13.1 Å². The average Bonchev–Trinajstić information content (AvgIpc) is 2.48. The van der Waals surface area contributed by atoms with E-state index in [1.54, 1.807) is 74.5 Å². The molecule has 110 valence electrons. The first kappa shape index (κ1) is 15.3. The van der Waals surface area contributed by atoms with Gasteiger partial charge < -0.3 is 9.05 Å². The molecule has 2 aromatic rings. The number of carbonyl (C=O) groups excluding carboxylic acids is 1. The van der Waals surface area contributed by atoms with Crippen LogP contribution in [-0.4, -0.2) is 5.52 Å². The molecule has 0 saturated heterocycles. The molecule has 0 spiro atoms. The van der Waals surface area contributed by atoms with Gasteiger partial charge in [0.2, 0.25) is 0 Å². The van der Waals surface area contributed by atoms with Gasteiger partial charge in [-0.3, -0.25) is 4.79 Å². The van der Waals surface area contributed by atoms with Crippen LogP contribution >= 0.6 is 7.60 Å². The molecule has 2 rings (SSSR count). The molecule has 0 aliphatic rings. The Hall–Kier alpha value is -2.06.